The van der Waals surface area contributed by atoms with Gasteiger partial charge >= 0.3 is 5.97 Å². The van der Waals surface area contributed by atoms with Crippen LogP contribution in [0, 0.1) is 5.41 Å². The van der Waals surface area contributed by atoms with Crippen molar-refractivity contribution in [3.63, 3.8) is 0 Å². The summed E-state index contributed by atoms with van der Waals surface area (Å²) in [5.41, 5.74) is 0.217. The molecule has 3 nitrogen and oxygen atoms in total. The zero-order chi connectivity index (χ0) is 16.7. The van der Waals surface area contributed by atoms with Gasteiger partial charge in [-0.3, -0.25) is 4.79 Å². The molecule has 0 bridgehead atoms. The van der Waals surface area contributed by atoms with Crippen LogP contribution in [0.25, 0.3) is 0 Å². The maximum Gasteiger partial charge on any atom is 0.305 e. The van der Waals surface area contributed by atoms with Gasteiger partial charge in [0.25, 0.3) is 0 Å². The summed E-state index contributed by atoms with van der Waals surface area (Å²) in [6, 6.07) is 0. The van der Waals surface area contributed by atoms with Gasteiger partial charge < -0.3 is 9.16 Å². The topological polar surface area (TPSA) is 35.5 Å². The van der Waals surface area contributed by atoms with Crippen LogP contribution in [0.4, 0.5) is 0 Å². The van der Waals surface area contributed by atoms with Crippen LogP contribution in [-0.2, 0) is 14.0 Å². The van der Waals surface area contributed by atoms with Gasteiger partial charge in [-0.25, -0.2) is 0 Å². The zero-order valence-electron chi connectivity index (χ0n) is 15.5. The van der Waals surface area contributed by atoms with E-state index in [0.29, 0.717) is 13.0 Å². The Balaban J connectivity index is 4.06. The van der Waals surface area contributed by atoms with Crippen LogP contribution in [0.3, 0.4) is 0 Å². The minimum Gasteiger partial charge on any atom is -0.466 e. The number of carbonyl (C=O) groups excluding carboxylic acids is 1. The van der Waals surface area contributed by atoms with Crippen LogP contribution in [0.15, 0.2) is 0 Å². The Morgan fingerprint density at radius 2 is 1.62 bits per heavy atom. The molecule has 0 fully saturated rings. The molecule has 0 aromatic carbocycles. The van der Waals surface area contributed by atoms with E-state index in [9.17, 15) is 4.79 Å². The molecular formula is C17H36O3Si. The molecule has 0 amide bonds. The molecule has 0 aliphatic carbocycles. The second kappa shape index (κ2) is 8.32. The van der Waals surface area contributed by atoms with Crippen molar-refractivity contribution in [3.8, 4) is 0 Å². The highest BCUT2D eigenvalue weighted by Crippen LogP contribution is 2.37. The lowest BCUT2D eigenvalue weighted by Crippen LogP contribution is -2.41. The Morgan fingerprint density at radius 3 is 2.10 bits per heavy atom. The molecule has 0 aliphatic heterocycles. The highest BCUT2D eigenvalue weighted by atomic mass is 28.4. The minimum absolute atomic E-state index is 0.0779. The monoisotopic (exact) mass is 316 g/mol. The Morgan fingerprint density at radius 1 is 1.05 bits per heavy atom. The Kier molecular flexibility index (Phi) is 8.18. The van der Waals surface area contributed by atoms with Crippen LogP contribution in [0.1, 0.15) is 67.2 Å². The van der Waals surface area contributed by atoms with Crippen molar-refractivity contribution >= 4 is 14.3 Å². The van der Waals surface area contributed by atoms with E-state index in [2.05, 4.69) is 47.7 Å². The molecule has 0 heterocycles. The standard InChI is InChI=1S/C17H36O3Si/c1-9-19-15(18)11-10-12-17(5,6)13-14-20-21(7,8)16(2,3)4/h9-14H2,1-8H3. The molecule has 0 saturated heterocycles. The van der Waals surface area contributed by atoms with E-state index >= 15 is 0 Å². The van der Waals surface area contributed by atoms with E-state index in [-0.39, 0.29) is 16.4 Å². The largest absolute Gasteiger partial charge is 0.466 e. The molecule has 0 aromatic heterocycles. The molecule has 0 spiro atoms. The number of carbonyl (C=O) groups is 1. The number of esters is 1. The van der Waals surface area contributed by atoms with Crippen molar-refractivity contribution in [1.82, 2.24) is 0 Å². The number of ether oxygens (including phenoxy) is 1. The van der Waals surface area contributed by atoms with E-state index < -0.39 is 8.32 Å². The van der Waals surface area contributed by atoms with E-state index in [1.54, 1.807) is 0 Å². The fourth-order valence-electron chi connectivity index (χ4n) is 1.87. The van der Waals surface area contributed by atoms with E-state index in [4.69, 9.17) is 9.16 Å². The van der Waals surface area contributed by atoms with Gasteiger partial charge in [0.1, 0.15) is 0 Å². The molecular weight excluding hydrogens is 280 g/mol. The first-order valence-electron chi connectivity index (χ1n) is 8.21. The van der Waals surface area contributed by atoms with Gasteiger partial charge in [-0.15, -0.1) is 0 Å². The van der Waals surface area contributed by atoms with Crippen molar-refractivity contribution in [2.45, 2.75) is 85.4 Å². The summed E-state index contributed by atoms with van der Waals surface area (Å²) in [6.07, 6.45) is 3.50. The molecule has 0 aromatic rings. The second-order valence-corrected chi connectivity index (χ2v) is 13.0. The second-order valence-electron chi connectivity index (χ2n) is 8.18. The van der Waals surface area contributed by atoms with Gasteiger partial charge in [-0.2, -0.15) is 0 Å². The van der Waals surface area contributed by atoms with Gasteiger partial charge in [0, 0.05) is 13.0 Å². The average molecular weight is 317 g/mol. The van der Waals surface area contributed by atoms with Crippen LogP contribution >= 0.6 is 0 Å². The van der Waals surface area contributed by atoms with Gasteiger partial charge in [0.15, 0.2) is 8.32 Å². The van der Waals surface area contributed by atoms with E-state index in [1.165, 1.54) is 0 Å². The predicted molar refractivity (Wildman–Crippen MR) is 92.0 cm³/mol. The Hall–Kier alpha value is -0.353. The first-order chi connectivity index (χ1) is 9.41. The van der Waals surface area contributed by atoms with Crippen molar-refractivity contribution in [3.05, 3.63) is 0 Å². The summed E-state index contributed by atoms with van der Waals surface area (Å²) in [5, 5.41) is 0.265. The van der Waals surface area contributed by atoms with Crippen LogP contribution in [0.2, 0.25) is 18.1 Å². The lowest BCUT2D eigenvalue weighted by molar-refractivity contribution is -0.143. The minimum atomic E-state index is -1.64. The van der Waals surface area contributed by atoms with Crippen LogP contribution in [0.5, 0.6) is 0 Å². The average Bonchev–Trinajstić information content (AvgIpc) is 2.26. The molecule has 0 atom stereocenters. The van der Waals surface area contributed by atoms with Crippen molar-refractivity contribution in [1.29, 1.82) is 0 Å². The number of hydrogen-bond acceptors (Lipinski definition) is 3. The summed E-state index contributed by atoms with van der Waals surface area (Å²) in [6.45, 7) is 19.0. The highest BCUT2D eigenvalue weighted by molar-refractivity contribution is 6.74. The van der Waals surface area contributed by atoms with Gasteiger partial charge in [0.2, 0.25) is 0 Å². The summed E-state index contributed by atoms with van der Waals surface area (Å²) in [4.78, 5) is 11.3. The molecule has 126 valence electrons. The molecule has 21 heavy (non-hydrogen) atoms. The van der Waals surface area contributed by atoms with Gasteiger partial charge in [-0.05, 0) is 49.7 Å². The molecule has 0 saturated carbocycles. The van der Waals surface area contributed by atoms with Crippen LogP contribution < -0.4 is 0 Å². The summed E-state index contributed by atoms with van der Waals surface area (Å²) in [7, 11) is -1.64. The maximum atomic E-state index is 11.3. The normalized spacial score (nSPS) is 13.3. The smallest absolute Gasteiger partial charge is 0.305 e. The van der Waals surface area contributed by atoms with Crippen LogP contribution in [-0.4, -0.2) is 27.5 Å². The lowest BCUT2D eigenvalue weighted by atomic mass is 9.84. The number of rotatable bonds is 9. The summed E-state index contributed by atoms with van der Waals surface area (Å²) >= 11 is 0. The SMILES string of the molecule is CCOC(=O)CCCC(C)(C)CCO[Si](C)(C)C(C)(C)C. The first-order valence-corrected chi connectivity index (χ1v) is 11.1. The third-order valence-corrected chi connectivity index (χ3v) is 9.13. The first kappa shape index (κ1) is 20.6. The molecule has 0 N–H and O–H groups in total. The fraction of sp³-hybridized carbons (Fsp3) is 0.941. The van der Waals surface area contributed by atoms with Gasteiger partial charge in [-0.1, -0.05) is 34.6 Å². The molecule has 0 rings (SSSR count). The van der Waals surface area contributed by atoms with Crippen molar-refractivity contribution in [2.24, 2.45) is 5.41 Å². The summed E-state index contributed by atoms with van der Waals surface area (Å²) < 4.78 is 11.2. The highest BCUT2D eigenvalue weighted by Gasteiger charge is 2.37. The van der Waals surface area contributed by atoms with E-state index in [0.717, 1.165) is 25.9 Å². The van der Waals surface area contributed by atoms with E-state index in [1.807, 2.05) is 6.92 Å². The van der Waals surface area contributed by atoms with Crippen molar-refractivity contribution in [2.75, 3.05) is 13.2 Å². The fourth-order valence-corrected chi connectivity index (χ4v) is 2.91. The molecule has 0 aliphatic rings. The molecule has 4 heteroatoms. The molecule has 0 radical (unpaired) electrons. The third kappa shape index (κ3) is 8.62. The van der Waals surface area contributed by atoms with Gasteiger partial charge in [0.05, 0.1) is 6.61 Å². The quantitative estimate of drug-likeness (QED) is 0.435. The third-order valence-electron chi connectivity index (χ3n) is 4.59. The zero-order valence-corrected chi connectivity index (χ0v) is 16.5. The van der Waals surface area contributed by atoms with Crippen molar-refractivity contribution < 1.29 is 14.0 Å². The summed E-state index contributed by atoms with van der Waals surface area (Å²) in [5.74, 6) is -0.0779. The Bertz CT molecular complexity index is 316. The predicted octanol–water partition coefficient (Wildman–Crippen LogP) is 5.16. The molecule has 0 unspecified atom stereocenters. The lowest BCUT2D eigenvalue weighted by Gasteiger charge is -2.37. The maximum absolute atomic E-state index is 11.3. The Labute approximate surface area is 132 Å². The number of hydrogen-bond donors (Lipinski definition) is 0.